The van der Waals surface area contributed by atoms with E-state index in [1.807, 2.05) is 43.3 Å². The third-order valence-corrected chi connectivity index (χ3v) is 5.12. The van der Waals surface area contributed by atoms with Gasteiger partial charge in [-0.1, -0.05) is 51.8 Å². The molecule has 0 aromatic heterocycles. The molecule has 0 bridgehead atoms. The lowest BCUT2D eigenvalue weighted by molar-refractivity contribution is 0.412. The van der Waals surface area contributed by atoms with Gasteiger partial charge in [0.05, 0.1) is 16.4 Å². The summed E-state index contributed by atoms with van der Waals surface area (Å²) in [6.07, 6.45) is 0. The van der Waals surface area contributed by atoms with Crippen LogP contribution in [0.1, 0.15) is 21.5 Å². The molecule has 0 aliphatic carbocycles. The maximum Gasteiger partial charge on any atom is 0.133 e. The Morgan fingerprint density at radius 3 is 2.58 bits per heavy atom. The highest BCUT2D eigenvalue weighted by Crippen LogP contribution is 2.38. The van der Waals surface area contributed by atoms with Gasteiger partial charge in [0.15, 0.2) is 0 Å². The molecule has 0 amide bonds. The number of alkyl halides is 1. The van der Waals surface area contributed by atoms with Crippen LogP contribution in [0, 0.1) is 6.92 Å². The Bertz CT molecular complexity index is 599. The molecule has 1 atom stereocenters. The Morgan fingerprint density at radius 1 is 1.21 bits per heavy atom. The van der Waals surface area contributed by atoms with Crippen LogP contribution in [-0.4, -0.2) is 7.11 Å². The third kappa shape index (κ3) is 3.15. The van der Waals surface area contributed by atoms with E-state index < -0.39 is 0 Å². The van der Waals surface area contributed by atoms with E-state index in [2.05, 4.69) is 31.9 Å². The first-order valence-electron chi connectivity index (χ1n) is 5.77. The zero-order chi connectivity index (χ0) is 14.0. The molecule has 0 aliphatic rings. The number of aryl methyl sites for hydroxylation is 1. The molecule has 0 fully saturated rings. The SMILES string of the molecule is COc1ccc(C(Br)c2cccc(C)c2Cl)cc1Br. The molecule has 100 valence electrons. The van der Waals surface area contributed by atoms with Gasteiger partial charge in [-0.15, -0.1) is 0 Å². The van der Waals surface area contributed by atoms with Crippen LogP contribution >= 0.6 is 43.5 Å². The monoisotopic (exact) mass is 402 g/mol. The fourth-order valence-corrected chi connectivity index (χ4v) is 3.48. The molecule has 19 heavy (non-hydrogen) atoms. The topological polar surface area (TPSA) is 9.23 Å². The smallest absolute Gasteiger partial charge is 0.133 e. The van der Waals surface area contributed by atoms with E-state index in [0.717, 1.165) is 31.9 Å². The summed E-state index contributed by atoms with van der Waals surface area (Å²) in [5.41, 5.74) is 3.27. The molecular formula is C15H13Br2ClO. The van der Waals surface area contributed by atoms with Gasteiger partial charge in [-0.05, 0) is 51.7 Å². The molecule has 1 nitrogen and oxygen atoms in total. The Kier molecular flexibility index (Phi) is 4.93. The minimum absolute atomic E-state index is 0.0575. The van der Waals surface area contributed by atoms with Crippen molar-refractivity contribution in [1.29, 1.82) is 0 Å². The Morgan fingerprint density at radius 2 is 1.95 bits per heavy atom. The minimum atomic E-state index is 0.0575. The highest BCUT2D eigenvalue weighted by atomic mass is 79.9. The van der Waals surface area contributed by atoms with Gasteiger partial charge in [0.25, 0.3) is 0 Å². The first-order valence-corrected chi connectivity index (χ1v) is 7.85. The van der Waals surface area contributed by atoms with Crippen molar-refractivity contribution in [2.45, 2.75) is 11.8 Å². The number of ether oxygens (including phenoxy) is 1. The van der Waals surface area contributed by atoms with E-state index in [0.29, 0.717) is 0 Å². The fraction of sp³-hybridized carbons (Fsp3) is 0.200. The second-order valence-corrected chi connectivity index (χ2v) is 6.38. The quantitative estimate of drug-likeness (QED) is 0.579. The molecule has 4 heteroatoms. The van der Waals surface area contributed by atoms with Gasteiger partial charge in [-0.25, -0.2) is 0 Å². The maximum atomic E-state index is 6.37. The lowest BCUT2D eigenvalue weighted by atomic mass is 10.0. The summed E-state index contributed by atoms with van der Waals surface area (Å²) in [6, 6.07) is 12.1. The zero-order valence-electron chi connectivity index (χ0n) is 10.6. The average molecular weight is 405 g/mol. The second-order valence-electron chi connectivity index (χ2n) is 4.23. The number of rotatable bonds is 3. The molecule has 0 spiro atoms. The predicted octanol–water partition coefficient (Wildman–Crippen LogP) is 5.90. The molecule has 2 rings (SSSR count). The van der Waals surface area contributed by atoms with Gasteiger partial charge in [-0.3, -0.25) is 0 Å². The number of hydrogen-bond acceptors (Lipinski definition) is 1. The van der Waals surface area contributed by atoms with Crippen molar-refractivity contribution in [3.8, 4) is 5.75 Å². The summed E-state index contributed by atoms with van der Waals surface area (Å²) in [5.74, 6) is 0.818. The standard InChI is InChI=1S/C15H13Br2ClO/c1-9-4-3-5-11(15(9)18)14(17)10-6-7-13(19-2)12(16)8-10/h3-8,14H,1-2H3. The van der Waals surface area contributed by atoms with Crippen LogP contribution in [0.2, 0.25) is 5.02 Å². The van der Waals surface area contributed by atoms with E-state index in [-0.39, 0.29) is 4.83 Å². The summed E-state index contributed by atoms with van der Waals surface area (Å²) in [6.45, 7) is 2.01. The van der Waals surface area contributed by atoms with E-state index in [4.69, 9.17) is 16.3 Å². The first-order chi connectivity index (χ1) is 9.04. The highest BCUT2D eigenvalue weighted by Gasteiger charge is 2.16. The first kappa shape index (κ1) is 14.9. The number of benzene rings is 2. The van der Waals surface area contributed by atoms with Crippen LogP contribution in [-0.2, 0) is 0 Å². The van der Waals surface area contributed by atoms with Gasteiger partial charge in [0.1, 0.15) is 5.75 Å². The summed E-state index contributed by atoms with van der Waals surface area (Å²) >= 11 is 13.6. The largest absolute Gasteiger partial charge is 0.496 e. The lowest BCUT2D eigenvalue weighted by Gasteiger charge is -2.15. The van der Waals surface area contributed by atoms with E-state index in [1.54, 1.807) is 7.11 Å². The molecule has 0 saturated carbocycles. The van der Waals surface area contributed by atoms with Crippen molar-refractivity contribution in [2.24, 2.45) is 0 Å². The van der Waals surface area contributed by atoms with Crippen LogP contribution in [0.15, 0.2) is 40.9 Å². The fourth-order valence-electron chi connectivity index (χ4n) is 1.89. The molecule has 0 N–H and O–H groups in total. The van der Waals surface area contributed by atoms with Crippen molar-refractivity contribution in [3.05, 3.63) is 62.6 Å². The van der Waals surface area contributed by atoms with Crippen LogP contribution in [0.4, 0.5) is 0 Å². The van der Waals surface area contributed by atoms with Gasteiger partial charge in [0, 0.05) is 5.02 Å². The predicted molar refractivity (Wildman–Crippen MR) is 87.7 cm³/mol. The molecule has 2 aromatic rings. The van der Waals surface area contributed by atoms with Crippen molar-refractivity contribution >= 4 is 43.5 Å². The summed E-state index contributed by atoms with van der Waals surface area (Å²) in [7, 11) is 1.66. The Hall–Kier alpha value is -0.510. The van der Waals surface area contributed by atoms with Crippen molar-refractivity contribution in [3.63, 3.8) is 0 Å². The maximum absolute atomic E-state index is 6.37. The van der Waals surface area contributed by atoms with Gasteiger partial charge in [0.2, 0.25) is 0 Å². The molecule has 0 heterocycles. The zero-order valence-corrected chi connectivity index (χ0v) is 14.5. The average Bonchev–Trinajstić information content (AvgIpc) is 2.41. The number of methoxy groups -OCH3 is 1. The number of halogens is 3. The second kappa shape index (κ2) is 6.29. The summed E-state index contributed by atoms with van der Waals surface area (Å²) in [4.78, 5) is 0.0575. The van der Waals surface area contributed by atoms with Crippen LogP contribution in [0.3, 0.4) is 0 Å². The van der Waals surface area contributed by atoms with Crippen LogP contribution in [0.5, 0.6) is 5.75 Å². The summed E-state index contributed by atoms with van der Waals surface area (Å²) < 4.78 is 6.17. The highest BCUT2D eigenvalue weighted by molar-refractivity contribution is 9.10. The van der Waals surface area contributed by atoms with Crippen LogP contribution < -0.4 is 4.74 Å². The van der Waals surface area contributed by atoms with E-state index >= 15 is 0 Å². The lowest BCUT2D eigenvalue weighted by Crippen LogP contribution is -1.96. The summed E-state index contributed by atoms with van der Waals surface area (Å²) in [5, 5.41) is 0.802. The van der Waals surface area contributed by atoms with E-state index in [9.17, 15) is 0 Å². The normalized spacial score (nSPS) is 12.3. The Labute approximate surface area is 135 Å². The van der Waals surface area contributed by atoms with Gasteiger partial charge < -0.3 is 4.74 Å². The van der Waals surface area contributed by atoms with E-state index in [1.165, 1.54) is 0 Å². The van der Waals surface area contributed by atoms with Crippen molar-refractivity contribution in [1.82, 2.24) is 0 Å². The molecule has 1 unspecified atom stereocenters. The van der Waals surface area contributed by atoms with Gasteiger partial charge >= 0.3 is 0 Å². The third-order valence-electron chi connectivity index (χ3n) is 2.96. The van der Waals surface area contributed by atoms with Gasteiger partial charge in [-0.2, -0.15) is 0 Å². The number of hydrogen-bond donors (Lipinski definition) is 0. The molecule has 2 aromatic carbocycles. The van der Waals surface area contributed by atoms with Crippen molar-refractivity contribution < 1.29 is 4.74 Å². The molecule has 0 saturated heterocycles. The molecular weight excluding hydrogens is 391 g/mol. The minimum Gasteiger partial charge on any atom is -0.496 e. The molecule has 0 radical (unpaired) electrons. The Balaban J connectivity index is 2.41. The van der Waals surface area contributed by atoms with Crippen molar-refractivity contribution in [2.75, 3.05) is 7.11 Å². The van der Waals surface area contributed by atoms with Crippen LogP contribution in [0.25, 0.3) is 0 Å². The molecule has 0 aliphatic heterocycles.